The number of benzene rings is 1. The van der Waals surface area contributed by atoms with Crippen LogP contribution in [0, 0.1) is 0 Å². The first-order valence-electron chi connectivity index (χ1n) is 11.5. The molecule has 3 aliphatic rings. The SMILES string of the molecule is c1ccc(N2CCC(c3nnc4n3-c3ccccc3CN(C3CCNC3)C4)CC2)nc1. The molecule has 0 amide bonds. The van der Waals surface area contributed by atoms with Crippen molar-refractivity contribution in [1.82, 2.24) is 30.0 Å². The van der Waals surface area contributed by atoms with E-state index in [0.717, 1.165) is 69.6 Å². The van der Waals surface area contributed by atoms with E-state index in [9.17, 15) is 0 Å². The van der Waals surface area contributed by atoms with E-state index in [4.69, 9.17) is 10.2 Å². The van der Waals surface area contributed by atoms with Gasteiger partial charge in [-0.3, -0.25) is 9.47 Å². The molecule has 3 aliphatic heterocycles. The summed E-state index contributed by atoms with van der Waals surface area (Å²) in [6, 6.07) is 15.5. The number of anilines is 1. The van der Waals surface area contributed by atoms with Crippen molar-refractivity contribution in [2.45, 2.75) is 44.3 Å². The molecule has 0 saturated carbocycles. The number of pyridine rings is 1. The van der Waals surface area contributed by atoms with Crippen LogP contribution in [0.5, 0.6) is 0 Å². The Morgan fingerprint density at radius 1 is 0.903 bits per heavy atom. The van der Waals surface area contributed by atoms with Gasteiger partial charge in [0.05, 0.1) is 12.2 Å². The Morgan fingerprint density at radius 3 is 2.58 bits per heavy atom. The molecule has 5 heterocycles. The summed E-state index contributed by atoms with van der Waals surface area (Å²) in [6.45, 7) is 6.02. The average molecular weight is 416 g/mol. The summed E-state index contributed by atoms with van der Waals surface area (Å²) >= 11 is 0. The number of rotatable bonds is 3. The Balaban J connectivity index is 1.30. The number of fused-ring (bicyclic) bond motifs is 3. The molecule has 1 unspecified atom stereocenters. The minimum Gasteiger partial charge on any atom is -0.357 e. The number of para-hydroxylation sites is 1. The Morgan fingerprint density at radius 2 is 1.77 bits per heavy atom. The zero-order chi connectivity index (χ0) is 20.6. The highest BCUT2D eigenvalue weighted by Gasteiger charge is 2.32. The summed E-state index contributed by atoms with van der Waals surface area (Å²) in [6.07, 6.45) is 5.23. The highest BCUT2D eigenvalue weighted by molar-refractivity contribution is 5.45. The van der Waals surface area contributed by atoms with Gasteiger partial charge in [0.25, 0.3) is 0 Å². The zero-order valence-corrected chi connectivity index (χ0v) is 17.8. The number of piperidine rings is 1. The van der Waals surface area contributed by atoms with E-state index >= 15 is 0 Å². The maximum absolute atomic E-state index is 4.76. The van der Waals surface area contributed by atoms with Crippen LogP contribution >= 0.6 is 0 Å². The number of hydrogen-bond donors (Lipinski definition) is 1. The summed E-state index contributed by atoms with van der Waals surface area (Å²) in [5.41, 5.74) is 2.64. The van der Waals surface area contributed by atoms with Crippen LogP contribution < -0.4 is 10.2 Å². The van der Waals surface area contributed by atoms with E-state index in [2.05, 4.69) is 61.1 Å². The van der Waals surface area contributed by atoms with Crippen LogP contribution in [-0.2, 0) is 13.1 Å². The molecule has 2 fully saturated rings. The topological polar surface area (TPSA) is 62.1 Å². The zero-order valence-electron chi connectivity index (χ0n) is 17.8. The first kappa shape index (κ1) is 19.0. The van der Waals surface area contributed by atoms with Gasteiger partial charge in [0.2, 0.25) is 0 Å². The third-order valence-corrected chi connectivity index (χ3v) is 7.09. The van der Waals surface area contributed by atoms with E-state index in [0.29, 0.717) is 12.0 Å². The highest BCUT2D eigenvalue weighted by atomic mass is 15.3. The predicted molar refractivity (Wildman–Crippen MR) is 120 cm³/mol. The molecular weight excluding hydrogens is 386 g/mol. The van der Waals surface area contributed by atoms with Crippen molar-refractivity contribution in [2.75, 3.05) is 31.1 Å². The molecule has 31 heavy (non-hydrogen) atoms. The second-order valence-electron chi connectivity index (χ2n) is 8.94. The third kappa shape index (κ3) is 3.51. The van der Waals surface area contributed by atoms with Crippen LogP contribution in [0.15, 0.2) is 48.7 Å². The monoisotopic (exact) mass is 415 g/mol. The second-order valence-corrected chi connectivity index (χ2v) is 8.94. The van der Waals surface area contributed by atoms with Gasteiger partial charge in [-0.2, -0.15) is 0 Å². The minimum atomic E-state index is 0.425. The number of aromatic nitrogens is 4. The van der Waals surface area contributed by atoms with E-state index in [1.165, 1.54) is 17.7 Å². The van der Waals surface area contributed by atoms with E-state index in [-0.39, 0.29) is 0 Å². The molecule has 2 saturated heterocycles. The molecule has 160 valence electrons. The lowest BCUT2D eigenvalue weighted by atomic mass is 9.95. The molecule has 0 bridgehead atoms. The van der Waals surface area contributed by atoms with Crippen LogP contribution in [0.25, 0.3) is 5.69 Å². The van der Waals surface area contributed by atoms with Crippen molar-refractivity contribution in [2.24, 2.45) is 0 Å². The fourth-order valence-corrected chi connectivity index (χ4v) is 5.40. The van der Waals surface area contributed by atoms with Gasteiger partial charge in [-0.15, -0.1) is 10.2 Å². The minimum absolute atomic E-state index is 0.425. The summed E-state index contributed by atoms with van der Waals surface area (Å²) in [7, 11) is 0. The molecular formula is C24H29N7. The van der Waals surface area contributed by atoms with Crippen LogP contribution in [-0.4, -0.2) is 56.9 Å². The molecule has 7 heteroatoms. The smallest absolute Gasteiger partial charge is 0.151 e. The molecule has 1 N–H and O–H groups in total. The fourth-order valence-electron chi connectivity index (χ4n) is 5.40. The lowest BCUT2D eigenvalue weighted by Gasteiger charge is -2.32. The normalized spacial score (nSPS) is 22.2. The largest absolute Gasteiger partial charge is 0.357 e. The van der Waals surface area contributed by atoms with Crippen molar-refractivity contribution < 1.29 is 0 Å². The number of nitrogens with one attached hydrogen (secondary N) is 1. The van der Waals surface area contributed by atoms with Gasteiger partial charge in [-0.1, -0.05) is 24.3 Å². The van der Waals surface area contributed by atoms with Gasteiger partial charge in [0.1, 0.15) is 11.6 Å². The molecule has 1 atom stereocenters. The fraction of sp³-hybridized carbons (Fsp3) is 0.458. The van der Waals surface area contributed by atoms with Gasteiger partial charge in [-0.05, 0) is 49.6 Å². The van der Waals surface area contributed by atoms with Gasteiger partial charge in [-0.25, -0.2) is 4.98 Å². The van der Waals surface area contributed by atoms with Gasteiger partial charge >= 0.3 is 0 Å². The molecule has 3 aromatic rings. The van der Waals surface area contributed by atoms with E-state index in [1.54, 1.807) is 0 Å². The average Bonchev–Trinajstić information content (AvgIpc) is 3.48. The second kappa shape index (κ2) is 8.05. The van der Waals surface area contributed by atoms with Crippen LogP contribution in [0.2, 0.25) is 0 Å². The maximum Gasteiger partial charge on any atom is 0.151 e. The Labute approximate surface area is 183 Å². The molecule has 0 radical (unpaired) electrons. The number of nitrogens with zero attached hydrogens (tertiary/aromatic N) is 6. The lowest BCUT2D eigenvalue weighted by Crippen LogP contribution is -2.35. The van der Waals surface area contributed by atoms with Gasteiger partial charge in [0.15, 0.2) is 5.82 Å². The Hall–Kier alpha value is -2.77. The Bertz CT molecular complexity index is 1030. The summed E-state index contributed by atoms with van der Waals surface area (Å²) in [5.74, 6) is 3.72. The summed E-state index contributed by atoms with van der Waals surface area (Å²) in [5, 5.41) is 13.0. The maximum atomic E-state index is 4.76. The van der Waals surface area contributed by atoms with Crippen molar-refractivity contribution in [3.63, 3.8) is 0 Å². The van der Waals surface area contributed by atoms with Crippen LogP contribution in [0.3, 0.4) is 0 Å². The number of hydrogen-bond acceptors (Lipinski definition) is 6. The molecule has 1 aromatic carbocycles. The van der Waals surface area contributed by atoms with E-state index in [1.807, 2.05) is 12.3 Å². The quantitative estimate of drug-likeness (QED) is 0.710. The molecule has 6 rings (SSSR count). The molecule has 7 nitrogen and oxygen atoms in total. The summed E-state index contributed by atoms with van der Waals surface area (Å²) < 4.78 is 2.37. The van der Waals surface area contributed by atoms with Crippen LogP contribution in [0.1, 0.15) is 42.4 Å². The van der Waals surface area contributed by atoms with Crippen molar-refractivity contribution in [3.05, 3.63) is 65.9 Å². The van der Waals surface area contributed by atoms with Crippen molar-refractivity contribution >= 4 is 5.82 Å². The third-order valence-electron chi connectivity index (χ3n) is 7.09. The van der Waals surface area contributed by atoms with Gasteiger partial charge < -0.3 is 10.2 Å². The molecule has 0 aliphatic carbocycles. The van der Waals surface area contributed by atoms with Crippen molar-refractivity contribution in [1.29, 1.82) is 0 Å². The van der Waals surface area contributed by atoms with Gasteiger partial charge in [0, 0.05) is 44.3 Å². The summed E-state index contributed by atoms with van der Waals surface area (Å²) in [4.78, 5) is 9.50. The highest BCUT2D eigenvalue weighted by Crippen LogP contribution is 2.34. The first-order valence-corrected chi connectivity index (χ1v) is 11.5. The Kier molecular flexibility index (Phi) is 4.92. The van der Waals surface area contributed by atoms with Crippen LogP contribution in [0.4, 0.5) is 5.82 Å². The molecule has 2 aromatic heterocycles. The first-order chi connectivity index (χ1) is 15.4. The van der Waals surface area contributed by atoms with E-state index < -0.39 is 0 Å². The molecule has 0 spiro atoms. The standard InChI is InChI=1S/C24H29N7/c1-2-6-21-19(5-1)16-30(20-8-12-25-15-20)17-23-27-28-24(31(21)23)18-9-13-29(14-10-18)22-7-3-4-11-26-22/h1-7,11,18,20,25H,8-10,12-17H2. The predicted octanol–water partition coefficient (Wildman–Crippen LogP) is 2.72. The lowest BCUT2D eigenvalue weighted by molar-refractivity contribution is 0.188. The van der Waals surface area contributed by atoms with Crippen molar-refractivity contribution in [3.8, 4) is 5.69 Å².